The maximum atomic E-state index is 8.85. The van der Waals surface area contributed by atoms with Gasteiger partial charge in [0.15, 0.2) is 0 Å². The standard InChI is InChI=1S/C14H19N3/c1-10-5-6-17(9-11(10)2)13-4-3-12(8-15)14(16)7-13/h3-4,7,10-11H,5-6,9,16H2,1-2H3. The van der Waals surface area contributed by atoms with Gasteiger partial charge in [-0.3, -0.25) is 0 Å². The molecule has 1 saturated heterocycles. The molecule has 2 atom stereocenters. The van der Waals surface area contributed by atoms with E-state index in [4.69, 9.17) is 11.0 Å². The third-order valence-corrected chi connectivity index (χ3v) is 3.85. The average molecular weight is 229 g/mol. The first-order chi connectivity index (χ1) is 8.11. The summed E-state index contributed by atoms with van der Waals surface area (Å²) >= 11 is 0. The van der Waals surface area contributed by atoms with Crippen molar-refractivity contribution in [1.82, 2.24) is 0 Å². The van der Waals surface area contributed by atoms with Gasteiger partial charge in [-0.25, -0.2) is 0 Å². The highest BCUT2D eigenvalue weighted by Gasteiger charge is 2.22. The van der Waals surface area contributed by atoms with E-state index in [9.17, 15) is 0 Å². The summed E-state index contributed by atoms with van der Waals surface area (Å²) in [5.41, 5.74) is 8.13. The number of anilines is 2. The molecule has 0 radical (unpaired) electrons. The van der Waals surface area contributed by atoms with Crippen LogP contribution in [-0.2, 0) is 0 Å². The lowest BCUT2D eigenvalue weighted by atomic mass is 9.88. The molecule has 0 amide bonds. The molecule has 0 saturated carbocycles. The second-order valence-electron chi connectivity index (χ2n) is 5.07. The van der Waals surface area contributed by atoms with Crippen LogP contribution >= 0.6 is 0 Å². The van der Waals surface area contributed by atoms with Crippen LogP contribution in [0.25, 0.3) is 0 Å². The maximum Gasteiger partial charge on any atom is 0.101 e. The van der Waals surface area contributed by atoms with Gasteiger partial charge in [-0.05, 0) is 36.5 Å². The molecule has 1 aromatic rings. The Hall–Kier alpha value is -1.69. The highest BCUT2D eigenvalue weighted by Crippen LogP contribution is 2.28. The molecule has 2 N–H and O–H groups in total. The van der Waals surface area contributed by atoms with Crippen LogP contribution in [0.3, 0.4) is 0 Å². The fourth-order valence-corrected chi connectivity index (χ4v) is 2.35. The summed E-state index contributed by atoms with van der Waals surface area (Å²) < 4.78 is 0. The normalized spacial score (nSPS) is 24.4. The van der Waals surface area contributed by atoms with Gasteiger partial charge < -0.3 is 10.6 Å². The van der Waals surface area contributed by atoms with Crippen LogP contribution in [0.15, 0.2) is 18.2 Å². The van der Waals surface area contributed by atoms with E-state index < -0.39 is 0 Å². The molecule has 0 aliphatic carbocycles. The number of piperidine rings is 1. The van der Waals surface area contributed by atoms with Crippen LogP contribution < -0.4 is 10.6 Å². The number of nitrogens with two attached hydrogens (primary N) is 1. The number of hydrogen-bond donors (Lipinski definition) is 1. The van der Waals surface area contributed by atoms with Gasteiger partial charge in [0.2, 0.25) is 0 Å². The molecular weight excluding hydrogens is 210 g/mol. The summed E-state index contributed by atoms with van der Waals surface area (Å²) in [6, 6.07) is 7.83. The Morgan fingerprint density at radius 1 is 1.35 bits per heavy atom. The van der Waals surface area contributed by atoms with Gasteiger partial charge in [0.1, 0.15) is 6.07 Å². The van der Waals surface area contributed by atoms with Crippen molar-refractivity contribution in [2.75, 3.05) is 23.7 Å². The molecule has 2 unspecified atom stereocenters. The van der Waals surface area contributed by atoms with Crippen LogP contribution in [-0.4, -0.2) is 13.1 Å². The van der Waals surface area contributed by atoms with Crippen LogP contribution in [0.5, 0.6) is 0 Å². The van der Waals surface area contributed by atoms with E-state index >= 15 is 0 Å². The van der Waals surface area contributed by atoms with Crippen molar-refractivity contribution in [2.45, 2.75) is 20.3 Å². The largest absolute Gasteiger partial charge is 0.398 e. The lowest BCUT2D eigenvalue weighted by Gasteiger charge is -2.37. The number of nitrogens with zero attached hydrogens (tertiary/aromatic N) is 2. The molecule has 3 heteroatoms. The van der Waals surface area contributed by atoms with E-state index in [1.54, 1.807) is 0 Å². The summed E-state index contributed by atoms with van der Waals surface area (Å²) in [6.45, 7) is 6.77. The number of benzene rings is 1. The SMILES string of the molecule is CC1CCN(c2ccc(C#N)c(N)c2)CC1C. The van der Waals surface area contributed by atoms with Crippen LogP contribution in [0.2, 0.25) is 0 Å². The third-order valence-electron chi connectivity index (χ3n) is 3.85. The predicted molar refractivity (Wildman–Crippen MR) is 70.7 cm³/mol. The van der Waals surface area contributed by atoms with Gasteiger partial charge in [-0.1, -0.05) is 13.8 Å². The van der Waals surface area contributed by atoms with Gasteiger partial charge in [0.05, 0.1) is 11.3 Å². The lowest BCUT2D eigenvalue weighted by Crippen LogP contribution is -2.38. The molecular formula is C14H19N3. The second kappa shape index (κ2) is 4.67. The zero-order valence-electron chi connectivity index (χ0n) is 10.5. The molecule has 1 fully saturated rings. The molecule has 1 aromatic carbocycles. The molecule has 0 aromatic heterocycles. The first kappa shape index (κ1) is 11.8. The van der Waals surface area contributed by atoms with Crippen molar-refractivity contribution in [3.05, 3.63) is 23.8 Å². The Kier molecular flexibility index (Phi) is 3.23. The van der Waals surface area contributed by atoms with Gasteiger partial charge >= 0.3 is 0 Å². The lowest BCUT2D eigenvalue weighted by molar-refractivity contribution is 0.324. The van der Waals surface area contributed by atoms with E-state index in [0.29, 0.717) is 17.2 Å². The minimum Gasteiger partial charge on any atom is -0.398 e. The van der Waals surface area contributed by atoms with Crippen molar-refractivity contribution < 1.29 is 0 Å². The molecule has 1 aliphatic rings. The summed E-state index contributed by atoms with van der Waals surface area (Å²) in [5, 5.41) is 8.85. The van der Waals surface area contributed by atoms with Crippen LogP contribution in [0.1, 0.15) is 25.8 Å². The number of nitrogen functional groups attached to an aromatic ring is 1. The zero-order valence-corrected chi connectivity index (χ0v) is 10.5. The molecule has 90 valence electrons. The van der Waals surface area contributed by atoms with Crippen molar-refractivity contribution in [1.29, 1.82) is 5.26 Å². The number of rotatable bonds is 1. The summed E-state index contributed by atoms with van der Waals surface area (Å²) in [4.78, 5) is 2.36. The zero-order chi connectivity index (χ0) is 12.4. The van der Waals surface area contributed by atoms with Gasteiger partial charge in [0, 0.05) is 18.8 Å². The summed E-state index contributed by atoms with van der Waals surface area (Å²) in [7, 11) is 0. The van der Waals surface area contributed by atoms with Gasteiger partial charge in [-0.2, -0.15) is 5.26 Å². The minimum atomic E-state index is 0.562. The van der Waals surface area contributed by atoms with Crippen molar-refractivity contribution in [2.24, 2.45) is 11.8 Å². The Morgan fingerprint density at radius 2 is 2.12 bits per heavy atom. The Balaban J connectivity index is 2.18. The van der Waals surface area contributed by atoms with E-state index in [0.717, 1.165) is 24.7 Å². The van der Waals surface area contributed by atoms with Crippen molar-refractivity contribution in [3.8, 4) is 6.07 Å². The van der Waals surface area contributed by atoms with E-state index in [1.165, 1.54) is 6.42 Å². The Labute approximate surface area is 103 Å². The Morgan fingerprint density at radius 3 is 2.71 bits per heavy atom. The molecule has 17 heavy (non-hydrogen) atoms. The first-order valence-electron chi connectivity index (χ1n) is 6.16. The van der Waals surface area contributed by atoms with E-state index in [-0.39, 0.29) is 0 Å². The molecule has 1 aliphatic heterocycles. The molecule has 3 nitrogen and oxygen atoms in total. The first-order valence-corrected chi connectivity index (χ1v) is 6.16. The Bertz CT molecular complexity index is 447. The molecule has 0 bridgehead atoms. The summed E-state index contributed by atoms with van der Waals surface area (Å²) in [6.07, 6.45) is 1.22. The molecule has 2 rings (SSSR count). The average Bonchev–Trinajstić information content (AvgIpc) is 2.32. The quantitative estimate of drug-likeness (QED) is 0.753. The monoisotopic (exact) mass is 229 g/mol. The third kappa shape index (κ3) is 2.36. The van der Waals surface area contributed by atoms with Crippen molar-refractivity contribution >= 4 is 11.4 Å². The van der Waals surface area contributed by atoms with E-state index in [2.05, 4.69) is 24.8 Å². The summed E-state index contributed by atoms with van der Waals surface area (Å²) in [5.74, 6) is 1.50. The smallest absolute Gasteiger partial charge is 0.101 e. The van der Waals surface area contributed by atoms with Gasteiger partial charge in [0.25, 0.3) is 0 Å². The maximum absolute atomic E-state index is 8.85. The number of hydrogen-bond acceptors (Lipinski definition) is 3. The second-order valence-corrected chi connectivity index (χ2v) is 5.07. The van der Waals surface area contributed by atoms with Crippen LogP contribution in [0.4, 0.5) is 11.4 Å². The fourth-order valence-electron chi connectivity index (χ4n) is 2.35. The predicted octanol–water partition coefficient (Wildman–Crippen LogP) is 2.62. The highest BCUT2D eigenvalue weighted by molar-refractivity contribution is 5.63. The highest BCUT2D eigenvalue weighted by atomic mass is 15.1. The number of nitriles is 1. The van der Waals surface area contributed by atoms with Crippen molar-refractivity contribution in [3.63, 3.8) is 0 Å². The fraction of sp³-hybridized carbons (Fsp3) is 0.500. The minimum absolute atomic E-state index is 0.562. The topological polar surface area (TPSA) is 53.0 Å². The van der Waals surface area contributed by atoms with E-state index in [1.807, 2.05) is 18.2 Å². The molecule has 0 spiro atoms. The molecule has 1 heterocycles. The van der Waals surface area contributed by atoms with Gasteiger partial charge in [-0.15, -0.1) is 0 Å². The van der Waals surface area contributed by atoms with Crippen LogP contribution in [0, 0.1) is 23.2 Å².